The molecule has 0 aliphatic carbocycles. The molecule has 2 aromatic rings. The summed E-state index contributed by atoms with van der Waals surface area (Å²) in [6, 6.07) is 11.5. The average Bonchev–Trinajstić information content (AvgIpc) is 3.18. The summed E-state index contributed by atoms with van der Waals surface area (Å²) in [4.78, 5) is 15.5. The molecule has 0 unspecified atom stereocenters. The number of carbonyl (C=O) groups excluding carboxylic acids is 1. The fraction of sp³-hybridized carbons (Fsp3) is 0.389. The molecule has 1 amide bonds. The van der Waals surface area contributed by atoms with Crippen molar-refractivity contribution in [2.75, 3.05) is 26.2 Å². The van der Waals surface area contributed by atoms with Gasteiger partial charge >= 0.3 is 0 Å². The Morgan fingerprint density at radius 1 is 1.12 bits per heavy atom. The van der Waals surface area contributed by atoms with Gasteiger partial charge in [-0.25, -0.2) is 8.42 Å². The van der Waals surface area contributed by atoms with E-state index in [2.05, 4.69) is 0 Å². The first-order valence-electron chi connectivity index (χ1n) is 8.44. The summed E-state index contributed by atoms with van der Waals surface area (Å²) in [6.45, 7) is 5.49. The molecule has 1 aliphatic heterocycles. The molecule has 140 valence electrons. The highest BCUT2D eigenvalue weighted by molar-refractivity contribution is 8.00. The number of hydrogen-bond acceptors (Lipinski definition) is 5. The van der Waals surface area contributed by atoms with Gasteiger partial charge in [-0.2, -0.15) is 4.31 Å². The zero-order valence-electron chi connectivity index (χ0n) is 14.8. The van der Waals surface area contributed by atoms with E-state index in [0.717, 1.165) is 4.90 Å². The van der Waals surface area contributed by atoms with Crippen molar-refractivity contribution in [1.29, 1.82) is 0 Å². The normalized spacial score (nSPS) is 17.2. The third-order valence-electron chi connectivity index (χ3n) is 4.32. The van der Waals surface area contributed by atoms with Crippen molar-refractivity contribution >= 4 is 39.0 Å². The molecule has 1 fully saturated rings. The molecule has 0 radical (unpaired) electrons. The highest BCUT2D eigenvalue weighted by atomic mass is 32.2. The lowest BCUT2D eigenvalue weighted by atomic mass is 10.2. The quantitative estimate of drug-likeness (QED) is 0.711. The molecular formula is C18H22N2O3S3. The number of hydrogen-bond donors (Lipinski definition) is 0. The van der Waals surface area contributed by atoms with Crippen molar-refractivity contribution in [2.24, 2.45) is 0 Å². The van der Waals surface area contributed by atoms with E-state index in [9.17, 15) is 13.2 Å². The van der Waals surface area contributed by atoms with E-state index in [1.54, 1.807) is 22.4 Å². The molecule has 8 heteroatoms. The van der Waals surface area contributed by atoms with E-state index in [4.69, 9.17) is 0 Å². The molecule has 26 heavy (non-hydrogen) atoms. The SMILES string of the molecule is Cc1ccc(S[C@H](C)C(=O)N2CCN(S(=O)(=O)c3cccs3)CC2)cc1. The van der Waals surface area contributed by atoms with E-state index < -0.39 is 10.0 Å². The Balaban J connectivity index is 1.57. The third-order valence-corrected chi connectivity index (χ3v) is 8.69. The second-order valence-electron chi connectivity index (χ2n) is 6.23. The lowest BCUT2D eigenvalue weighted by Crippen LogP contribution is -2.52. The van der Waals surface area contributed by atoms with Gasteiger partial charge in [-0.05, 0) is 37.4 Å². The highest BCUT2D eigenvalue weighted by Gasteiger charge is 2.32. The van der Waals surface area contributed by atoms with Crippen LogP contribution in [0.4, 0.5) is 0 Å². The summed E-state index contributed by atoms with van der Waals surface area (Å²) >= 11 is 2.76. The van der Waals surface area contributed by atoms with Gasteiger partial charge in [-0.15, -0.1) is 23.1 Å². The minimum Gasteiger partial charge on any atom is -0.339 e. The minimum atomic E-state index is -3.43. The zero-order valence-corrected chi connectivity index (χ0v) is 17.2. The number of aryl methyl sites for hydroxylation is 1. The number of thiophene rings is 1. The minimum absolute atomic E-state index is 0.0590. The predicted octanol–water partition coefficient (Wildman–Crippen LogP) is 3.07. The number of thioether (sulfide) groups is 1. The Bertz CT molecular complexity index is 840. The van der Waals surface area contributed by atoms with Crippen LogP contribution < -0.4 is 0 Å². The largest absolute Gasteiger partial charge is 0.339 e. The summed E-state index contributed by atoms with van der Waals surface area (Å²) in [6.07, 6.45) is 0. The second kappa shape index (κ2) is 8.12. The van der Waals surface area contributed by atoms with Gasteiger partial charge in [0.1, 0.15) is 4.21 Å². The third kappa shape index (κ3) is 4.31. The van der Waals surface area contributed by atoms with Crippen LogP contribution in [0, 0.1) is 6.92 Å². The first-order valence-corrected chi connectivity index (χ1v) is 11.6. The number of benzene rings is 1. The maximum Gasteiger partial charge on any atom is 0.252 e. The van der Waals surface area contributed by atoms with E-state index in [0.29, 0.717) is 30.4 Å². The highest BCUT2D eigenvalue weighted by Crippen LogP contribution is 2.26. The molecule has 1 saturated heterocycles. The van der Waals surface area contributed by atoms with Crippen molar-refractivity contribution < 1.29 is 13.2 Å². The summed E-state index contributed by atoms with van der Waals surface area (Å²) in [5.41, 5.74) is 1.19. The maximum atomic E-state index is 12.7. The van der Waals surface area contributed by atoms with Crippen LogP contribution in [0.25, 0.3) is 0 Å². The monoisotopic (exact) mass is 410 g/mol. The lowest BCUT2D eigenvalue weighted by Gasteiger charge is -2.34. The Hall–Kier alpha value is -1.35. The van der Waals surface area contributed by atoms with Crippen LogP contribution in [0.3, 0.4) is 0 Å². The van der Waals surface area contributed by atoms with Gasteiger partial charge in [0.2, 0.25) is 5.91 Å². The van der Waals surface area contributed by atoms with E-state index in [-0.39, 0.29) is 11.2 Å². The number of rotatable bonds is 5. The number of sulfonamides is 1. The van der Waals surface area contributed by atoms with Crippen molar-refractivity contribution in [2.45, 2.75) is 28.2 Å². The molecule has 0 bridgehead atoms. The van der Waals surface area contributed by atoms with Gasteiger partial charge in [0.15, 0.2) is 0 Å². The Kier molecular flexibility index (Phi) is 6.06. The standard InChI is InChI=1S/C18H22N2O3S3/c1-14-5-7-16(8-6-14)25-15(2)18(21)19-9-11-20(12-10-19)26(22,23)17-4-3-13-24-17/h3-8,13,15H,9-12H2,1-2H3/t15-/m1/s1. The van der Waals surface area contributed by atoms with Crippen LogP contribution in [0.5, 0.6) is 0 Å². The van der Waals surface area contributed by atoms with Crippen LogP contribution in [-0.2, 0) is 14.8 Å². The average molecular weight is 411 g/mol. The van der Waals surface area contributed by atoms with Crippen LogP contribution >= 0.6 is 23.1 Å². The van der Waals surface area contributed by atoms with Crippen molar-refractivity contribution in [3.63, 3.8) is 0 Å². The molecule has 0 N–H and O–H groups in total. The topological polar surface area (TPSA) is 57.7 Å². The molecule has 3 rings (SSSR count). The summed E-state index contributed by atoms with van der Waals surface area (Å²) in [5.74, 6) is 0.0590. The van der Waals surface area contributed by atoms with Crippen LogP contribution in [-0.4, -0.2) is 55.0 Å². The van der Waals surface area contributed by atoms with Gasteiger partial charge in [0.05, 0.1) is 5.25 Å². The molecule has 1 aromatic heterocycles. The molecule has 0 saturated carbocycles. The van der Waals surface area contributed by atoms with Crippen LogP contribution in [0.2, 0.25) is 0 Å². The zero-order chi connectivity index (χ0) is 18.7. The molecule has 1 aromatic carbocycles. The summed E-state index contributed by atoms with van der Waals surface area (Å²) in [5, 5.41) is 1.56. The molecule has 2 heterocycles. The maximum absolute atomic E-state index is 12.7. The smallest absolute Gasteiger partial charge is 0.252 e. The Morgan fingerprint density at radius 3 is 2.35 bits per heavy atom. The second-order valence-corrected chi connectivity index (χ2v) is 10.8. The first-order chi connectivity index (χ1) is 12.4. The lowest BCUT2D eigenvalue weighted by molar-refractivity contribution is -0.131. The van der Waals surface area contributed by atoms with Gasteiger partial charge in [-0.3, -0.25) is 4.79 Å². The molecular weight excluding hydrogens is 388 g/mol. The number of nitrogens with zero attached hydrogens (tertiary/aromatic N) is 2. The number of piperazine rings is 1. The van der Waals surface area contributed by atoms with Gasteiger partial charge < -0.3 is 4.90 Å². The number of carbonyl (C=O) groups is 1. The summed E-state index contributed by atoms with van der Waals surface area (Å²) < 4.78 is 26.9. The summed E-state index contributed by atoms with van der Waals surface area (Å²) in [7, 11) is -3.43. The van der Waals surface area contributed by atoms with Crippen molar-refractivity contribution in [1.82, 2.24) is 9.21 Å². The van der Waals surface area contributed by atoms with Gasteiger partial charge in [0, 0.05) is 31.1 Å². The van der Waals surface area contributed by atoms with Gasteiger partial charge in [0.25, 0.3) is 10.0 Å². The van der Waals surface area contributed by atoms with E-state index >= 15 is 0 Å². The molecule has 0 spiro atoms. The van der Waals surface area contributed by atoms with Gasteiger partial charge in [-0.1, -0.05) is 23.8 Å². The Labute approximate surface area is 163 Å². The fourth-order valence-electron chi connectivity index (χ4n) is 2.81. The fourth-order valence-corrected chi connectivity index (χ4v) is 6.33. The van der Waals surface area contributed by atoms with E-state index in [1.807, 2.05) is 38.1 Å². The van der Waals surface area contributed by atoms with Crippen LogP contribution in [0.15, 0.2) is 50.9 Å². The van der Waals surface area contributed by atoms with Crippen molar-refractivity contribution in [3.05, 3.63) is 47.3 Å². The first kappa shape index (κ1) is 19.4. The number of amides is 1. The van der Waals surface area contributed by atoms with E-state index in [1.165, 1.54) is 33.0 Å². The van der Waals surface area contributed by atoms with Crippen LogP contribution in [0.1, 0.15) is 12.5 Å². The molecule has 5 nitrogen and oxygen atoms in total. The molecule has 1 atom stereocenters. The molecule has 1 aliphatic rings. The Morgan fingerprint density at radius 2 is 1.77 bits per heavy atom. The van der Waals surface area contributed by atoms with Crippen molar-refractivity contribution in [3.8, 4) is 0 Å². The predicted molar refractivity (Wildman–Crippen MR) is 106 cm³/mol.